The molecule has 0 saturated heterocycles. The number of nitrogens with zero attached hydrogens (tertiary/aromatic N) is 3. The minimum atomic E-state index is -5.01. The van der Waals surface area contributed by atoms with Crippen LogP contribution in [0.25, 0.3) is 0 Å². The third-order valence-electron chi connectivity index (χ3n) is 7.03. The van der Waals surface area contributed by atoms with Crippen LogP contribution in [0.4, 0.5) is 32.0 Å². The molecule has 5 nitrogen and oxygen atoms in total. The molecule has 1 heterocycles. The summed E-state index contributed by atoms with van der Waals surface area (Å²) in [6.07, 6.45) is -7.32. The van der Waals surface area contributed by atoms with Gasteiger partial charge in [0.05, 0.1) is 24.5 Å². The Bertz CT molecular complexity index is 1500. The molecule has 12 heteroatoms. The molecular formula is C30H27CoF6N3O2. The molecule has 3 aromatic carbocycles. The number of rotatable bonds is 7. The van der Waals surface area contributed by atoms with Gasteiger partial charge in [0.25, 0.3) is 0 Å². The van der Waals surface area contributed by atoms with Gasteiger partial charge in [-0.15, -0.1) is 5.10 Å². The molecule has 1 atom stereocenters. The van der Waals surface area contributed by atoms with Crippen molar-refractivity contribution in [3.8, 4) is 5.75 Å². The zero-order valence-corrected chi connectivity index (χ0v) is 23.8. The first kappa shape index (κ1) is 32.7. The predicted octanol–water partition coefficient (Wildman–Crippen LogP) is 7.95. The van der Waals surface area contributed by atoms with Gasteiger partial charge in [-0.3, -0.25) is 0 Å². The van der Waals surface area contributed by atoms with Crippen LogP contribution in [0.3, 0.4) is 0 Å². The van der Waals surface area contributed by atoms with Crippen molar-refractivity contribution in [3.05, 3.63) is 106 Å². The second-order valence-electron chi connectivity index (χ2n) is 9.61. The summed E-state index contributed by atoms with van der Waals surface area (Å²) >= 11 is 0. The van der Waals surface area contributed by atoms with Crippen LogP contribution >= 0.6 is 0 Å². The molecule has 1 aliphatic heterocycles. The van der Waals surface area contributed by atoms with E-state index in [1.807, 2.05) is 11.8 Å². The summed E-state index contributed by atoms with van der Waals surface area (Å²) < 4.78 is 87.5. The molecule has 0 fully saturated rings. The van der Waals surface area contributed by atoms with E-state index in [2.05, 4.69) is 10.2 Å². The van der Waals surface area contributed by atoms with Crippen LogP contribution in [0.2, 0.25) is 0 Å². The van der Waals surface area contributed by atoms with E-state index in [4.69, 9.17) is 4.74 Å². The van der Waals surface area contributed by atoms with Crippen LogP contribution in [0, 0.1) is 0 Å². The fourth-order valence-corrected chi connectivity index (χ4v) is 5.07. The number of allylic oxidation sites excluding steroid dienone is 2. The average Bonchev–Trinajstić information content (AvgIpc) is 3.16. The van der Waals surface area contributed by atoms with E-state index in [0.717, 1.165) is 6.07 Å². The summed E-state index contributed by atoms with van der Waals surface area (Å²) in [5.41, 5.74) is -1.79. The molecule has 0 spiro atoms. The number of anilines is 1. The number of ether oxygens (including phenoxy) is 1. The molecule has 1 radical (unpaired) electrons. The Kier molecular flexibility index (Phi) is 9.83. The third-order valence-corrected chi connectivity index (χ3v) is 7.03. The van der Waals surface area contributed by atoms with Crippen molar-refractivity contribution in [1.29, 1.82) is 0 Å². The average molecular weight is 634 g/mol. The van der Waals surface area contributed by atoms with Crippen molar-refractivity contribution in [1.82, 2.24) is 0 Å². The Balaban J connectivity index is 0.00000484. The van der Waals surface area contributed by atoms with Crippen LogP contribution in [0.1, 0.15) is 41.7 Å². The number of likely N-dealkylation sites (N-methyl/N-ethyl adjacent to an activating group) is 1. The summed E-state index contributed by atoms with van der Waals surface area (Å²) in [7, 11) is 1.46. The Morgan fingerprint density at radius 3 is 2.26 bits per heavy atom. The number of hydrogen-bond donors (Lipinski definition) is 1. The van der Waals surface area contributed by atoms with E-state index in [1.165, 1.54) is 13.3 Å². The molecular weight excluding hydrogens is 607 g/mol. The van der Waals surface area contributed by atoms with Crippen molar-refractivity contribution >= 4 is 17.8 Å². The molecule has 0 amide bonds. The van der Waals surface area contributed by atoms with Gasteiger partial charge in [0.1, 0.15) is 5.75 Å². The van der Waals surface area contributed by atoms with E-state index in [-0.39, 0.29) is 40.7 Å². The Morgan fingerprint density at radius 1 is 0.976 bits per heavy atom. The number of halogens is 6. The molecule has 225 valence electrons. The Hall–Kier alpha value is -3.77. The van der Waals surface area contributed by atoms with Crippen molar-refractivity contribution in [2.75, 3.05) is 18.6 Å². The van der Waals surface area contributed by atoms with Crippen molar-refractivity contribution in [2.45, 2.75) is 38.0 Å². The topological polar surface area (TPSA) is 57.4 Å². The predicted molar refractivity (Wildman–Crippen MR) is 146 cm³/mol. The molecule has 1 aliphatic rings. The van der Waals surface area contributed by atoms with Crippen LogP contribution in [0.5, 0.6) is 5.75 Å². The SMILES string of the molecule is CCN1\C(=C/C=N/N=C(\O)c2ccccc2)C(C)(Cc2ccc(C(F)(F)F)cc2C(F)(F)F)c2cc(OC)ccc21.[Co]. The number of benzene rings is 3. The number of aliphatic hydroxyl groups is 1. The first-order chi connectivity index (χ1) is 19.3. The van der Waals surface area contributed by atoms with Crippen molar-refractivity contribution in [3.63, 3.8) is 0 Å². The number of fused-ring (bicyclic) bond motifs is 1. The molecule has 0 aliphatic carbocycles. The molecule has 1 N–H and O–H groups in total. The third kappa shape index (κ3) is 6.65. The van der Waals surface area contributed by atoms with Gasteiger partial charge in [-0.25, -0.2) is 0 Å². The zero-order valence-electron chi connectivity index (χ0n) is 22.7. The van der Waals surface area contributed by atoms with Crippen molar-refractivity contribution < 1.29 is 53.0 Å². The van der Waals surface area contributed by atoms with E-state index in [1.54, 1.807) is 61.5 Å². The largest absolute Gasteiger partial charge is 0.497 e. The van der Waals surface area contributed by atoms with Gasteiger partial charge < -0.3 is 14.7 Å². The fraction of sp³-hybridized carbons (Fsp3) is 0.267. The van der Waals surface area contributed by atoms with Gasteiger partial charge in [0, 0.05) is 45.7 Å². The van der Waals surface area contributed by atoms with E-state index in [9.17, 15) is 31.4 Å². The maximum Gasteiger partial charge on any atom is 0.416 e. The summed E-state index contributed by atoms with van der Waals surface area (Å²) in [6, 6.07) is 15.4. The zero-order chi connectivity index (χ0) is 30.0. The molecule has 3 aromatic rings. The minimum absolute atomic E-state index is 0. The van der Waals surface area contributed by atoms with Crippen LogP contribution in [-0.2, 0) is 41.0 Å². The van der Waals surface area contributed by atoms with Crippen LogP contribution in [0.15, 0.2) is 88.7 Å². The van der Waals surface area contributed by atoms with Gasteiger partial charge in [0.15, 0.2) is 0 Å². The smallest absolute Gasteiger partial charge is 0.416 e. The van der Waals surface area contributed by atoms with E-state index < -0.39 is 28.9 Å². The summed E-state index contributed by atoms with van der Waals surface area (Å²) in [6.45, 7) is 4.03. The number of hydrogen-bond acceptors (Lipinski definition) is 4. The van der Waals surface area contributed by atoms with E-state index >= 15 is 0 Å². The van der Waals surface area contributed by atoms with Crippen LogP contribution < -0.4 is 9.64 Å². The Labute approximate surface area is 249 Å². The first-order valence-corrected chi connectivity index (χ1v) is 12.6. The molecule has 42 heavy (non-hydrogen) atoms. The number of aliphatic hydroxyl groups excluding tert-OH is 1. The quantitative estimate of drug-likeness (QED) is 0.124. The van der Waals surface area contributed by atoms with Gasteiger partial charge in [-0.2, -0.15) is 31.4 Å². The maximum absolute atomic E-state index is 14.1. The van der Waals surface area contributed by atoms with Gasteiger partial charge in [0.2, 0.25) is 5.90 Å². The van der Waals surface area contributed by atoms with E-state index in [0.29, 0.717) is 40.9 Å². The molecule has 0 bridgehead atoms. The molecule has 1 unspecified atom stereocenters. The number of methoxy groups -OCH3 is 1. The number of alkyl halides is 6. The van der Waals surface area contributed by atoms with Crippen LogP contribution in [-0.4, -0.2) is 30.9 Å². The van der Waals surface area contributed by atoms with Gasteiger partial charge >= 0.3 is 12.4 Å². The summed E-state index contributed by atoms with van der Waals surface area (Å²) in [4.78, 5) is 1.89. The second-order valence-corrected chi connectivity index (χ2v) is 9.61. The fourth-order valence-electron chi connectivity index (χ4n) is 5.07. The maximum atomic E-state index is 14.1. The monoisotopic (exact) mass is 634 g/mol. The van der Waals surface area contributed by atoms with Gasteiger partial charge in [-0.05, 0) is 79.9 Å². The standard InChI is InChI=1S/C30H27F6N3O2.Co/c1-4-39-25-13-12-22(41-3)17-24(25)28(2,26(39)14-15-37-38-27(40)19-8-6-5-7-9-19)18-20-10-11-21(29(31,32)33)16-23(20)30(34,35)36;/h5-17H,4,18H2,1-3H3,(H,38,40);/b26-14-,37-15+;. The molecule has 0 aromatic heterocycles. The molecule has 0 saturated carbocycles. The van der Waals surface area contributed by atoms with Gasteiger partial charge in [-0.1, -0.05) is 24.3 Å². The first-order valence-electron chi connectivity index (χ1n) is 12.6. The molecule has 4 rings (SSSR count). The summed E-state index contributed by atoms with van der Waals surface area (Å²) in [5.74, 6) is 0.149. The summed E-state index contributed by atoms with van der Waals surface area (Å²) in [5, 5.41) is 17.9. The Morgan fingerprint density at radius 2 is 1.67 bits per heavy atom. The van der Waals surface area contributed by atoms with Crippen molar-refractivity contribution in [2.24, 2.45) is 10.2 Å². The second kappa shape index (κ2) is 12.6. The normalized spacial score (nSPS) is 18.4. The minimum Gasteiger partial charge on any atom is -0.497 e.